The molecule has 1 atom stereocenters. The van der Waals surface area contributed by atoms with Crippen molar-refractivity contribution >= 4 is 21.7 Å². The summed E-state index contributed by atoms with van der Waals surface area (Å²) in [7, 11) is -3.67. The highest BCUT2D eigenvalue weighted by atomic mass is 35.5. The summed E-state index contributed by atoms with van der Waals surface area (Å²) in [6.45, 7) is 2.37. The smallest absolute Gasteiger partial charge is 0.261 e. The first-order chi connectivity index (χ1) is 9.29. The average molecular weight is 323 g/mol. The van der Waals surface area contributed by atoms with E-state index in [0.717, 1.165) is 23.4 Å². The first-order valence-electron chi connectivity index (χ1n) is 6.57. The summed E-state index contributed by atoms with van der Waals surface area (Å²) in [6, 6.07) is 7.80. The number of halogens is 1. The van der Waals surface area contributed by atoms with Crippen molar-refractivity contribution < 1.29 is 18.1 Å². The number of aliphatic hydroxyl groups excluding tert-OH is 1. The van der Waals surface area contributed by atoms with Gasteiger partial charge in [0.15, 0.2) is 0 Å². The topological polar surface area (TPSA) is 74.6 Å². The van der Waals surface area contributed by atoms with E-state index < -0.39 is 10.1 Å². The minimum absolute atomic E-state index is 0.188. The number of rotatable bonds is 6. The number of hydrogen-bond donors (Lipinski definition) is 2. The second-order valence-corrected chi connectivity index (χ2v) is 6.50. The van der Waals surface area contributed by atoms with Gasteiger partial charge in [-0.15, -0.1) is 0 Å². The van der Waals surface area contributed by atoms with Crippen LogP contribution in [0.25, 0.3) is 0 Å². The summed E-state index contributed by atoms with van der Waals surface area (Å²) in [5.74, 6) is 0.199. The van der Waals surface area contributed by atoms with E-state index in [2.05, 4.69) is 6.92 Å². The van der Waals surface area contributed by atoms with Gasteiger partial charge < -0.3 is 5.11 Å². The predicted molar refractivity (Wildman–Crippen MR) is 82.9 cm³/mol. The van der Waals surface area contributed by atoms with Crippen LogP contribution >= 0.6 is 11.6 Å². The third-order valence-corrected chi connectivity index (χ3v) is 3.07. The highest BCUT2D eigenvalue weighted by Gasteiger charge is 2.12. The van der Waals surface area contributed by atoms with Crippen LogP contribution in [-0.4, -0.2) is 30.9 Å². The summed E-state index contributed by atoms with van der Waals surface area (Å²) in [4.78, 5) is 0. The Hall–Kier alpha value is -0.620. The lowest BCUT2D eigenvalue weighted by Gasteiger charge is -2.15. The van der Waals surface area contributed by atoms with Crippen LogP contribution in [-0.2, 0) is 10.1 Å². The molecule has 1 aromatic carbocycles. The van der Waals surface area contributed by atoms with Gasteiger partial charge in [0.05, 0.1) is 6.26 Å². The van der Waals surface area contributed by atoms with Gasteiger partial charge in [0.25, 0.3) is 10.1 Å². The Kier molecular flexibility index (Phi) is 9.84. The Balaban J connectivity index is 0.000000621. The molecule has 1 aromatic rings. The van der Waals surface area contributed by atoms with Crippen LogP contribution in [0.2, 0.25) is 5.02 Å². The molecule has 0 spiro atoms. The lowest BCUT2D eigenvalue weighted by Crippen LogP contribution is -2.04. The van der Waals surface area contributed by atoms with Crippen molar-refractivity contribution in [3.63, 3.8) is 0 Å². The highest BCUT2D eigenvalue weighted by Crippen LogP contribution is 2.28. The van der Waals surface area contributed by atoms with E-state index in [1.54, 1.807) is 0 Å². The lowest BCUT2D eigenvalue weighted by atomic mass is 9.94. The zero-order valence-electron chi connectivity index (χ0n) is 11.9. The molecule has 0 saturated carbocycles. The van der Waals surface area contributed by atoms with Gasteiger partial charge in [-0.1, -0.05) is 56.0 Å². The Labute approximate surface area is 126 Å². The van der Waals surface area contributed by atoms with Gasteiger partial charge in [-0.25, -0.2) is 0 Å². The first kappa shape index (κ1) is 19.4. The van der Waals surface area contributed by atoms with E-state index in [0.29, 0.717) is 6.26 Å². The monoisotopic (exact) mass is 322 g/mol. The van der Waals surface area contributed by atoms with Crippen molar-refractivity contribution in [2.24, 2.45) is 0 Å². The Bertz CT molecular complexity index is 466. The SMILES string of the molecule is CCCCCC(CO)c1ccccc1Cl.CS(=O)(=O)O. The van der Waals surface area contributed by atoms with Crippen molar-refractivity contribution in [2.75, 3.05) is 12.9 Å². The Morgan fingerprint density at radius 3 is 2.25 bits per heavy atom. The van der Waals surface area contributed by atoms with E-state index >= 15 is 0 Å². The van der Waals surface area contributed by atoms with Gasteiger partial charge in [-0.3, -0.25) is 4.55 Å². The van der Waals surface area contributed by atoms with Crippen molar-refractivity contribution in [2.45, 2.75) is 38.5 Å². The molecule has 116 valence electrons. The van der Waals surface area contributed by atoms with Crippen molar-refractivity contribution in [3.8, 4) is 0 Å². The zero-order valence-corrected chi connectivity index (χ0v) is 13.5. The molecule has 0 heterocycles. The second kappa shape index (κ2) is 10.2. The molecular weight excluding hydrogens is 300 g/mol. The van der Waals surface area contributed by atoms with Gasteiger partial charge in [0.1, 0.15) is 0 Å². The van der Waals surface area contributed by atoms with Gasteiger partial charge in [-0.2, -0.15) is 8.42 Å². The molecule has 2 N–H and O–H groups in total. The molecule has 0 radical (unpaired) electrons. The summed E-state index contributed by atoms with van der Waals surface area (Å²) in [5, 5.41) is 10.1. The molecule has 1 unspecified atom stereocenters. The second-order valence-electron chi connectivity index (χ2n) is 4.63. The van der Waals surface area contributed by atoms with Crippen LogP contribution in [0.4, 0.5) is 0 Å². The number of aliphatic hydroxyl groups is 1. The molecule has 0 aliphatic rings. The molecule has 0 fully saturated rings. The predicted octanol–water partition coefficient (Wildman–Crippen LogP) is 3.50. The summed E-state index contributed by atoms with van der Waals surface area (Å²) in [5.41, 5.74) is 1.08. The number of unbranched alkanes of at least 4 members (excludes halogenated alkanes) is 2. The lowest BCUT2D eigenvalue weighted by molar-refractivity contribution is 0.256. The molecule has 0 aliphatic carbocycles. The standard InChI is InChI=1S/C13H19ClO.CH4O3S/c1-2-3-4-7-11(10-15)12-8-5-6-9-13(12)14;1-5(2,3)4/h5-6,8-9,11,15H,2-4,7,10H2,1H3;1H3,(H,2,3,4). The molecule has 0 saturated heterocycles. The van der Waals surface area contributed by atoms with Crippen LogP contribution < -0.4 is 0 Å². The van der Waals surface area contributed by atoms with Crippen molar-refractivity contribution in [1.82, 2.24) is 0 Å². The summed E-state index contributed by atoms with van der Waals surface area (Å²) >= 11 is 6.10. The number of benzene rings is 1. The largest absolute Gasteiger partial charge is 0.396 e. The van der Waals surface area contributed by atoms with E-state index in [1.165, 1.54) is 12.8 Å². The van der Waals surface area contributed by atoms with Crippen molar-refractivity contribution in [3.05, 3.63) is 34.9 Å². The van der Waals surface area contributed by atoms with E-state index in [4.69, 9.17) is 16.2 Å². The van der Waals surface area contributed by atoms with Gasteiger partial charge in [0.2, 0.25) is 0 Å². The van der Waals surface area contributed by atoms with Gasteiger partial charge in [0, 0.05) is 17.5 Å². The van der Waals surface area contributed by atoms with Crippen LogP contribution in [0.1, 0.15) is 44.1 Å². The molecule has 6 heteroatoms. The van der Waals surface area contributed by atoms with E-state index in [-0.39, 0.29) is 12.5 Å². The fourth-order valence-corrected chi connectivity index (χ4v) is 2.08. The fourth-order valence-electron chi connectivity index (χ4n) is 1.79. The summed E-state index contributed by atoms with van der Waals surface area (Å²) < 4.78 is 25.9. The first-order valence-corrected chi connectivity index (χ1v) is 8.80. The molecule has 20 heavy (non-hydrogen) atoms. The molecule has 4 nitrogen and oxygen atoms in total. The fraction of sp³-hybridized carbons (Fsp3) is 0.571. The van der Waals surface area contributed by atoms with Crippen LogP contribution in [0.5, 0.6) is 0 Å². The van der Waals surface area contributed by atoms with Crippen molar-refractivity contribution in [1.29, 1.82) is 0 Å². The third-order valence-electron chi connectivity index (χ3n) is 2.72. The van der Waals surface area contributed by atoms with E-state index in [9.17, 15) is 13.5 Å². The average Bonchev–Trinajstić information content (AvgIpc) is 2.34. The van der Waals surface area contributed by atoms with Crippen LogP contribution in [0.15, 0.2) is 24.3 Å². The minimum Gasteiger partial charge on any atom is -0.396 e. The molecule has 1 rings (SSSR count). The van der Waals surface area contributed by atoms with Crippen LogP contribution in [0, 0.1) is 0 Å². The maximum atomic E-state index is 9.34. The third kappa shape index (κ3) is 10.2. The Morgan fingerprint density at radius 1 is 1.25 bits per heavy atom. The highest BCUT2D eigenvalue weighted by molar-refractivity contribution is 7.85. The maximum Gasteiger partial charge on any atom is 0.261 e. The van der Waals surface area contributed by atoms with E-state index in [1.807, 2.05) is 24.3 Å². The molecule has 0 amide bonds. The normalized spacial score (nSPS) is 12.4. The van der Waals surface area contributed by atoms with Gasteiger partial charge in [-0.05, 0) is 18.1 Å². The molecular formula is C14H23ClO4S. The minimum atomic E-state index is -3.67. The van der Waals surface area contributed by atoms with Crippen LogP contribution in [0.3, 0.4) is 0 Å². The summed E-state index contributed by atoms with van der Waals surface area (Å²) in [6.07, 6.45) is 5.33. The molecule has 0 bridgehead atoms. The zero-order chi connectivity index (χ0) is 15.6. The number of hydrogen-bond acceptors (Lipinski definition) is 3. The maximum absolute atomic E-state index is 9.34. The quantitative estimate of drug-likeness (QED) is 0.621. The van der Waals surface area contributed by atoms with Gasteiger partial charge >= 0.3 is 0 Å². The molecule has 0 aromatic heterocycles. The molecule has 0 aliphatic heterocycles. The Morgan fingerprint density at radius 2 is 1.80 bits per heavy atom.